The van der Waals surface area contributed by atoms with Crippen molar-refractivity contribution < 1.29 is 18.3 Å². The predicted molar refractivity (Wildman–Crippen MR) is 129 cm³/mol. The molecule has 3 heterocycles. The molecule has 1 saturated heterocycles. The molecular formula is C23H38N2O5Si2. The molecule has 1 spiro atoms. The average molecular weight is 479 g/mol. The first-order chi connectivity index (χ1) is 14.6. The first kappa shape index (κ1) is 25.2. The fourth-order valence-electron chi connectivity index (χ4n) is 4.11. The SMILES string of the molecule is CC[C@@](C#N)(O[Si](C)(C)C)c1cc2n(c(=O)c1O[Si](C)(C)C(C)(C)C)CCC21OCCO1. The highest BCUT2D eigenvalue weighted by molar-refractivity contribution is 6.74. The lowest BCUT2D eigenvalue weighted by atomic mass is 9.91. The predicted octanol–water partition coefficient (Wildman–Crippen LogP) is 4.82. The number of rotatable bonds is 6. The van der Waals surface area contributed by atoms with Gasteiger partial charge in [0.15, 0.2) is 19.7 Å². The lowest BCUT2D eigenvalue weighted by molar-refractivity contribution is -0.163. The summed E-state index contributed by atoms with van der Waals surface area (Å²) in [6.07, 6.45) is 0.963. The van der Waals surface area contributed by atoms with Crippen molar-refractivity contribution >= 4 is 16.6 Å². The van der Waals surface area contributed by atoms with Crippen molar-refractivity contribution in [1.82, 2.24) is 4.57 Å². The minimum Gasteiger partial charge on any atom is -0.540 e. The quantitative estimate of drug-likeness (QED) is 0.545. The Morgan fingerprint density at radius 2 is 1.78 bits per heavy atom. The highest BCUT2D eigenvalue weighted by atomic mass is 28.4. The van der Waals surface area contributed by atoms with Crippen LogP contribution in [0.1, 0.15) is 51.8 Å². The molecule has 0 radical (unpaired) electrons. The molecule has 0 N–H and O–H groups in total. The van der Waals surface area contributed by atoms with Crippen LogP contribution >= 0.6 is 0 Å². The van der Waals surface area contributed by atoms with E-state index in [1.165, 1.54) is 0 Å². The van der Waals surface area contributed by atoms with Gasteiger partial charge >= 0.3 is 0 Å². The standard InChI is InChI=1S/C23H38N2O5Si2/c1-10-22(16-24,30-31(5,6)7)17-15-18-23(27-13-14-28-23)11-12-25(18)20(26)19(17)29-32(8,9)21(2,3)4/h15H,10-14H2,1-9H3/t22-/m0/s1. The molecule has 0 aliphatic carbocycles. The van der Waals surface area contributed by atoms with E-state index in [1.807, 2.05) is 32.6 Å². The van der Waals surface area contributed by atoms with Crippen molar-refractivity contribution in [1.29, 1.82) is 5.26 Å². The molecule has 1 fully saturated rings. The van der Waals surface area contributed by atoms with Gasteiger partial charge in [0.05, 0.1) is 18.9 Å². The molecule has 0 saturated carbocycles. The molecule has 0 bridgehead atoms. The minimum absolute atomic E-state index is 0.111. The molecule has 178 valence electrons. The van der Waals surface area contributed by atoms with Gasteiger partial charge in [0.1, 0.15) is 6.07 Å². The molecule has 3 rings (SSSR count). The Balaban J connectivity index is 2.32. The van der Waals surface area contributed by atoms with Crippen LogP contribution in [-0.4, -0.2) is 34.4 Å². The Morgan fingerprint density at radius 1 is 1.19 bits per heavy atom. The molecule has 2 aliphatic heterocycles. The first-order valence-corrected chi connectivity index (χ1v) is 17.8. The van der Waals surface area contributed by atoms with Gasteiger partial charge in [-0.15, -0.1) is 0 Å². The van der Waals surface area contributed by atoms with Crippen molar-refractivity contribution in [2.45, 2.75) is 96.2 Å². The molecule has 0 aromatic carbocycles. The average Bonchev–Trinajstić information content (AvgIpc) is 3.28. The molecule has 0 amide bonds. The summed E-state index contributed by atoms with van der Waals surface area (Å²) in [5, 5.41) is 10.3. The second kappa shape index (κ2) is 8.10. The van der Waals surface area contributed by atoms with Gasteiger partial charge in [-0.25, -0.2) is 0 Å². The van der Waals surface area contributed by atoms with Crippen molar-refractivity contribution in [3.63, 3.8) is 0 Å². The van der Waals surface area contributed by atoms with E-state index in [-0.39, 0.29) is 16.3 Å². The van der Waals surface area contributed by atoms with Crippen LogP contribution in [0, 0.1) is 11.3 Å². The monoisotopic (exact) mass is 478 g/mol. The number of nitriles is 1. The van der Waals surface area contributed by atoms with Crippen LogP contribution in [0.5, 0.6) is 5.75 Å². The van der Waals surface area contributed by atoms with Crippen LogP contribution in [0.3, 0.4) is 0 Å². The largest absolute Gasteiger partial charge is 0.540 e. The van der Waals surface area contributed by atoms with Crippen LogP contribution < -0.4 is 9.99 Å². The second-order valence-corrected chi connectivity index (χ2v) is 20.5. The third-order valence-electron chi connectivity index (χ3n) is 6.82. The zero-order valence-corrected chi connectivity index (χ0v) is 23.0. The Morgan fingerprint density at radius 3 is 2.25 bits per heavy atom. The lowest BCUT2D eigenvalue weighted by Gasteiger charge is -2.39. The number of aromatic nitrogens is 1. The molecule has 9 heteroatoms. The van der Waals surface area contributed by atoms with Gasteiger partial charge in [0.2, 0.25) is 5.79 Å². The maximum absolute atomic E-state index is 13.9. The molecular weight excluding hydrogens is 440 g/mol. The summed E-state index contributed by atoms with van der Waals surface area (Å²) in [7, 11) is -4.53. The Kier molecular flexibility index (Phi) is 6.37. The summed E-state index contributed by atoms with van der Waals surface area (Å²) in [6, 6.07) is 4.30. The number of fused-ring (bicyclic) bond motifs is 2. The summed E-state index contributed by atoms with van der Waals surface area (Å²) in [5.41, 5.74) is -0.346. The third kappa shape index (κ3) is 4.23. The Hall–Kier alpha value is -1.45. The summed E-state index contributed by atoms with van der Waals surface area (Å²) < 4.78 is 26.8. The van der Waals surface area contributed by atoms with E-state index in [1.54, 1.807) is 4.57 Å². The number of hydrogen-bond donors (Lipinski definition) is 0. The molecule has 1 atom stereocenters. The number of nitrogens with zero attached hydrogens (tertiary/aromatic N) is 2. The third-order valence-corrected chi connectivity index (χ3v) is 12.1. The highest BCUT2D eigenvalue weighted by Crippen LogP contribution is 2.46. The van der Waals surface area contributed by atoms with E-state index in [0.29, 0.717) is 43.9 Å². The topological polar surface area (TPSA) is 82.7 Å². The van der Waals surface area contributed by atoms with Crippen molar-refractivity contribution in [3.8, 4) is 11.8 Å². The van der Waals surface area contributed by atoms with Gasteiger partial charge in [-0.1, -0.05) is 27.7 Å². The van der Waals surface area contributed by atoms with E-state index in [0.717, 1.165) is 0 Å². The highest BCUT2D eigenvalue weighted by Gasteiger charge is 2.50. The van der Waals surface area contributed by atoms with E-state index >= 15 is 0 Å². The molecule has 7 nitrogen and oxygen atoms in total. The number of ether oxygens (including phenoxy) is 2. The summed E-state index contributed by atoms with van der Waals surface area (Å²) in [4.78, 5) is 13.9. The molecule has 2 aliphatic rings. The first-order valence-electron chi connectivity index (χ1n) is 11.5. The van der Waals surface area contributed by atoms with Gasteiger partial charge in [-0.3, -0.25) is 4.79 Å². The summed E-state index contributed by atoms with van der Waals surface area (Å²) in [6.45, 7) is 20.1. The molecule has 1 aromatic heterocycles. The minimum atomic E-state index is -2.37. The maximum atomic E-state index is 13.9. The zero-order chi connectivity index (χ0) is 24.2. The number of pyridine rings is 1. The number of hydrogen-bond acceptors (Lipinski definition) is 6. The summed E-state index contributed by atoms with van der Waals surface area (Å²) in [5.74, 6) is -0.686. The van der Waals surface area contributed by atoms with E-state index in [9.17, 15) is 10.1 Å². The normalized spacial score (nSPS) is 20.1. The van der Waals surface area contributed by atoms with Gasteiger partial charge < -0.3 is 22.9 Å². The second-order valence-electron chi connectivity index (χ2n) is 11.3. The Labute approximate surface area is 193 Å². The van der Waals surface area contributed by atoms with Gasteiger partial charge in [-0.05, 0) is 50.3 Å². The van der Waals surface area contributed by atoms with Crippen LogP contribution in [0.25, 0.3) is 0 Å². The van der Waals surface area contributed by atoms with Crippen molar-refractivity contribution in [2.75, 3.05) is 13.2 Å². The Bertz CT molecular complexity index is 978. The van der Waals surface area contributed by atoms with Crippen molar-refractivity contribution in [3.05, 3.63) is 27.7 Å². The maximum Gasteiger partial charge on any atom is 0.292 e. The van der Waals surface area contributed by atoms with Crippen LogP contribution in [0.15, 0.2) is 10.9 Å². The van der Waals surface area contributed by atoms with Crippen LogP contribution in [0.2, 0.25) is 37.8 Å². The summed E-state index contributed by atoms with van der Waals surface area (Å²) >= 11 is 0. The fourth-order valence-corrected chi connectivity index (χ4v) is 6.47. The van der Waals surface area contributed by atoms with Gasteiger partial charge in [0, 0.05) is 18.5 Å². The van der Waals surface area contributed by atoms with Crippen LogP contribution in [-0.2, 0) is 31.8 Å². The zero-order valence-electron chi connectivity index (χ0n) is 21.0. The lowest BCUT2D eigenvalue weighted by Crippen LogP contribution is -2.47. The van der Waals surface area contributed by atoms with Gasteiger partial charge in [0.25, 0.3) is 13.9 Å². The van der Waals surface area contributed by atoms with E-state index < -0.39 is 28.0 Å². The van der Waals surface area contributed by atoms with E-state index in [4.69, 9.17) is 18.3 Å². The molecule has 32 heavy (non-hydrogen) atoms. The fraction of sp³-hybridized carbons (Fsp3) is 0.739. The molecule has 1 aromatic rings. The van der Waals surface area contributed by atoms with Gasteiger partial charge in [-0.2, -0.15) is 5.26 Å². The molecule has 0 unspecified atom stereocenters. The smallest absolute Gasteiger partial charge is 0.292 e. The van der Waals surface area contributed by atoms with Crippen molar-refractivity contribution in [2.24, 2.45) is 0 Å². The van der Waals surface area contributed by atoms with Crippen LogP contribution in [0.4, 0.5) is 0 Å². The van der Waals surface area contributed by atoms with E-state index in [2.05, 4.69) is 39.9 Å².